The molecule has 17 heavy (non-hydrogen) atoms. The Morgan fingerprint density at radius 2 is 2.18 bits per heavy atom. The number of hydrogen-bond donors (Lipinski definition) is 1. The molecule has 1 aliphatic heterocycles. The van der Waals surface area contributed by atoms with Crippen molar-refractivity contribution in [2.75, 3.05) is 11.5 Å². The van der Waals surface area contributed by atoms with Gasteiger partial charge in [-0.2, -0.15) is 0 Å². The normalized spacial score (nSPS) is 27.9. The third-order valence-electron chi connectivity index (χ3n) is 3.20. The molecule has 1 saturated heterocycles. The zero-order chi connectivity index (χ0) is 12.5. The Kier molecular flexibility index (Phi) is 3.27. The predicted molar refractivity (Wildman–Crippen MR) is 67.7 cm³/mol. The minimum absolute atomic E-state index is 0.103. The maximum absolute atomic E-state index is 11.6. The van der Waals surface area contributed by atoms with Crippen molar-refractivity contribution in [2.24, 2.45) is 0 Å². The van der Waals surface area contributed by atoms with Crippen molar-refractivity contribution in [3.8, 4) is 0 Å². The van der Waals surface area contributed by atoms with Crippen molar-refractivity contribution >= 4 is 9.84 Å². The van der Waals surface area contributed by atoms with Crippen molar-refractivity contribution < 1.29 is 13.5 Å². The third-order valence-corrected chi connectivity index (χ3v) is 5.09. The zero-order valence-electron chi connectivity index (χ0n) is 10.0. The second kappa shape index (κ2) is 4.42. The van der Waals surface area contributed by atoms with Crippen LogP contribution < -0.4 is 0 Å². The molecule has 0 aromatic heterocycles. The van der Waals surface area contributed by atoms with Gasteiger partial charge >= 0.3 is 0 Å². The Balaban J connectivity index is 2.17. The molecule has 94 valence electrons. The Bertz CT molecular complexity index is 507. The third kappa shape index (κ3) is 3.30. The smallest absolute Gasteiger partial charge is 0.153 e. The highest BCUT2D eigenvalue weighted by atomic mass is 32.2. The van der Waals surface area contributed by atoms with Gasteiger partial charge in [0.2, 0.25) is 0 Å². The molecule has 0 aliphatic carbocycles. The minimum Gasteiger partial charge on any atom is -0.388 e. The second-order valence-electron chi connectivity index (χ2n) is 5.09. The van der Waals surface area contributed by atoms with Gasteiger partial charge in [-0.05, 0) is 25.3 Å². The fraction of sp³-hybridized carbons (Fsp3) is 0.538. The lowest BCUT2D eigenvalue weighted by Gasteiger charge is -2.31. The van der Waals surface area contributed by atoms with Gasteiger partial charge in [0.05, 0.1) is 17.1 Å². The van der Waals surface area contributed by atoms with Crippen LogP contribution in [0.25, 0.3) is 0 Å². The molecule has 0 spiro atoms. The van der Waals surface area contributed by atoms with Crippen LogP contribution in [-0.2, 0) is 16.3 Å². The van der Waals surface area contributed by atoms with E-state index in [9.17, 15) is 13.5 Å². The van der Waals surface area contributed by atoms with E-state index in [0.717, 1.165) is 11.1 Å². The molecule has 1 aliphatic rings. The highest BCUT2D eigenvalue weighted by Gasteiger charge is 2.37. The molecule has 1 aromatic carbocycles. The fourth-order valence-electron chi connectivity index (χ4n) is 2.52. The van der Waals surface area contributed by atoms with Gasteiger partial charge in [0, 0.05) is 6.42 Å². The first-order valence-electron chi connectivity index (χ1n) is 5.87. The summed E-state index contributed by atoms with van der Waals surface area (Å²) in [6.45, 7) is 1.99. The number of rotatable bonds is 2. The summed E-state index contributed by atoms with van der Waals surface area (Å²) in [5.41, 5.74) is 1.06. The van der Waals surface area contributed by atoms with Crippen molar-refractivity contribution in [2.45, 2.75) is 31.8 Å². The maximum Gasteiger partial charge on any atom is 0.153 e. The van der Waals surface area contributed by atoms with Gasteiger partial charge < -0.3 is 5.11 Å². The number of aliphatic hydroxyl groups is 1. The molecule has 0 bridgehead atoms. The zero-order valence-corrected chi connectivity index (χ0v) is 10.8. The summed E-state index contributed by atoms with van der Waals surface area (Å²) in [4.78, 5) is 0. The van der Waals surface area contributed by atoms with Crippen LogP contribution in [0.15, 0.2) is 24.3 Å². The Morgan fingerprint density at radius 1 is 1.41 bits per heavy atom. The van der Waals surface area contributed by atoms with Crippen LogP contribution in [0.4, 0.5) is 0 Å². The average Bonchev–Trinajstić information content (AvgIpc) is 2.14. The fourth-order valence-corrected chi connectivity index (χ4v) is 4.31. The quantitative estimate of drug-likeness (QED) is 0.869. The van der Waals surface area contributed by atoms with Gasteiger partial charge in [-0.25, -0.2) is 8.42 Å². The van der Waals surface area contributed by atoms with Crippen LogP contribution in [-0.4, -0.2) is 30.6 Å². The van der Waals surface area contributed by atoms with Gasteiger partial charge in [0.15, 0.2) is 9.84 Å². The SMILES string of the molecule is Cc1cccc(CC2(O)CCCS(=O)(=O)C2)c1. The second-order valence-corrected chi connectivity index (χ2v) is 7.27. The summed E-state index contributed by atoms with van der Waals surface area (Å²) in [5, 5.41) is 10.4. The van der Waals surface area contributed by atoms with Crippen molar-refractivity contribution in [3.63, 3.8) is 0 Å². The highest BCUT2D eigenvalue weighted by molar-refractivity contribution is 7.91. The molecular weight excluding hydrogens is 236 g/mol. The first kappa shape index (κ1) is 12.6. The molecule has 4 heteroatoms. The maximum atomic E-state index is 11.6. The molecule has 1 fully saturated rings. The van der Waals surface area contributed by atoms with E-state index in [1.165, 1.54) is 0 Å². The topological polar surface area (TPSA) is 54.4 Å². The molecule has 1 unspecified atom stereocenters. The number of aryl methyl sites for hydroxylation is 1. The van der Waals surface area contributed by atoms with E-state index in [1.54, 1.807) is 0 Å². The molecule has 0 amide bonds. The number of benzene rings is 1. The molecule has 0 radical (unpaired) electrons. The summed E-state index contributed by atoms with van der Waals surface area (Å²) in [5.74, 6) is 0.108. The van der Waals surface area contributed by atoms with Gasteiger partial charge in [-0.15, -0.1) is 0 Å². The van der Waals surface area contributed by atoms with Crippen molar-refractivity contribution in [3.05, 3.63) is 35.4 Å². The van der Waals surface area contributed by atoms with E-state index in [2.05, 4.69) is 0 Å². The van der Waals surface area contributed by atoms with Gasteiger partial charge in [0.1, 0.15) is 0 Å². The van der Waals surface area contributed by atoms with E-state index in [4.69, 9.17) is 0 Å². The molecule has 3 nitrogen and oxygen atoms in total. The van der Waals surface area contributed by atoms with Gasteiger partial charge in [0.25, 0.3) is 0 Å². The minimum atomic E-state index is -3.07. The predicted octanol–water partition coefficient (Wildman–Crippen LogP) is 1.48. The summed E-state index contributed by atoms with van der Waals surface area (Å²) in [6.07, 6.45) is 1.55. The van der Waals surface area contributed by atoms with E-state index in [-0.39, 0.29) is 11.5 Å². The molecule has 1 aromatic rings. The largest absolute Gasteiger partial charge is 0.388 e. The van der Waals surface area contributed by atoms with Crippen molar-refractivity contribution in [1.29, 1.82) is 0 Å². The summed E-state index contributed by atoms with van der Waals surface area (Å²) in [7, 11) is -3.07. The van der Waals surface area contributed by atoms with Gasteiger partial charge in [-0.1, -0.05) is 29.8 Å². The molecule has 2 rings (SSSR count). The van der Waals surface area contributed by atoms with Crippen LogP contribution >= 0.6 is 0 Å². The van der Waals surface area contributed by atoms with Crippen LogP contribution in [0.5, 0.6) is 0 Å². The average molecular weight is 254 g/mol. The van der Waals surface area contributed by atoms with E-state index >= 15 is 0 Å². The van der Waals surface area contributed by atoms with E-state index in [0.29, 0.717) is 19.3 Å². The Labute approximate surface area is 102 Å². The Hall–Kier alpha value is -0.870. The van der Waals surface area contributed by atoms with Gasteiger partial charge in [-0.3, -0.25) is 0 Å². The standard InChI is InChI=1S/C13H18O3S/c1-11-4-2-5-12(8-11)9-13(14)6-3-7-17(15,16)10-13/h2,4-5,8,14H,3,6-7,9-10H2,1H3. The number of hydrogen-bond acceptors (Lipinski definition) is 3. The molecule has 1 heterocycles. The summed E-state index contributed by atoms with van der Waals surface area (Å²) < 4.78 is 23.1. The van der Waals surface area contributed by atoms with Crippen LogP contribution in [0.3, 0.4) is 0 Å². The highest BCUT2D eigenvalue weighted by Crippen LogP contribution is 2.26. The van der Waals surface area contributed by atoms with E-state index in [1.807, 2.05) is 31.2 Å². The Morgan fingerprint density at radius 3 is 2.82 bits per heavy atom. The molecular formula is C13H18O3S. The van der Waals surface area contributed by atoms with Crippen LogP contribution in [0, 0.1) is 6.92 Å². The number of sulfone groups is 1. The van der Waals surface area contributed by atoms with Crippen molar-refractivity contribution in [1.82, 2.24) is 0 Å². The molecule has 0 saturated carbocycles. The lowest BCUT2D eigenvalue weighted by Crippen LogP contribution is -2.44. The molecule has 1 N–H and O–H groups in total. The summed E-state index contributed by atoms with van der Waals surface area (Å²) >= 11 is 0. The van der Waals surface area contributed by atoms with Crippen LogP contribution in [0.1, 0.15) is 24.0 Å². The van der Waals surface area contributed by atoms with Crippen LogP contribution in [0.2, 0.25) is 0 Å². The lowest BCUT2D eigenvalue weighted by molar-refractivity contribution is 0.0503. The lowest BCUT2D eigenvalue weighted by atomic mass is 9.91. The monoisotopic (exact) mass is 254 g/mol. The summed E-state index contributed by atoms with van der Waals surface area (Å²) in [6, 6.07) is 7.86. The first-order valence-corrected chi connectivity index (χ1v) is 7.69. The molecule has 1 atom stereocenters. The van der Waals surface area contributed by atoms with E-state index < -0.39 is 15.4 Å². The first-order chi connectivity index (χ1) is 7.89.